The summed E-state index contributed by atoms with van der Waals surface area (Å²) >= 11 is 0. The van der Waals surface area contributed by atoms with Crippen LogP contribution in [0.2, 0.25) is 0 Å². The molecule has 0 aliphatic heterocycles. The molecule has 0 unspecified atom stereocenters. The number of methoxy groups -OCH3 is 1. The highest BCUT2D eigenvalue weighted by molar-refractivity contribution is 5.97. The molecule has 2 aromatic rings. The zero-order valence-electron chi connectivity index (χ0n) is 10.7. The minimum Gasteiger partial charge on any atom is -0.493 e. The Hall–Kier alpha value is -1.97. The molecule has 1 aromatic heterocycles. The van der Waals surface area contributed by atoms with Gasteiger partial charge in [0, 0.05) is 10.9 Å². The smallest absolute Gasteiger partial charge is 0.372 e. The number of ether oxygens (including phenoxy) is 1. The Morgan fingerprint density at radius 2 is 2.17 bits per heavy atom. The minimum atomic E-state index is -1.03. The lowest BCUT2D eigenvalue weighted by Crippen LogP contribution is -1.98. The second kappa shape index (κ2) is 4.72. The highest BCUT2D eigenvalue weighted by Crippen LogP contribution is 2.34. The maximum absolute atomic E-state index is 11.2. The predicted molar refractivity (Wildman–Crippen MR) is 68.5 cm³/mol. The SMILES string of the molecule is CCCc1c(C(=O)O)oc2c(OC)cc(C)cc12. The highest BCUT2D eigenvalue weighted by atomic mass is 16.5. The van der Waals surface area contributed by atoms with Crippen LogP contribution in [0.3, 0.4) is 0 Å². The summed E-state index contributed by atoms with van der Waals surface area (Å²) in [5.41, 5.74) is 2.29. The van der Waals surface area contributed by atoms with Gasteiger partial charge < -0.3 is 14.3 Å². The van der Waals surface area contributed by atoms with Gasteiger partial charge in [-0.25, -0.2) is 4.79 Å². The van der Waals surface area contributed by atoms with E-state index in [9.17, 15) is 9.90 Å². The van der Waals surface area contributed by atoms with Gasteiger partial charge in [0.2, 0.25) is 5.76 Å². The van der Waals surface area contributed by atoms with E-state index in [1.807, 2.05) is 26.0 Å². The molecule has 4 nitrogen and oxygen atoms in total. The number of hydrogen-bond acceptors (Lipinski definition) is 3. The normalized spacial score (nSPS) is 10.8. The van der Waals surface area contributed by atoms with Crippen molar-refractivity contribution in [2.75, 3.05) is 7.11 Å². The van der Waals surface area contributed by atoms with Crippen LogP contribution in [0.1, 0.15) is 35.0 Å². The molecule has 0 bridgehead atoms. The van der Waals surface area contributed by atoms with Crippen molar-refractivity contribution in [1.29, 1.82) is 0 Å². The summed E-state index contributed by atoms with van der Waals surface area (Å²) in [6, 6.07) is 3.78. The lowest BCUT2D eigenvalue weighted by Gasteiger charge is -2.02. The Balaban J connectivity index is 2.79. The lowest BCUT2D eigenvalue weighted by atomic mass is 10.0. The Morgan fingerprint density at radius 1 is 1.44 bits per heavy atom. The molecule has 0 saturated carbocycles. The monoisotopic (exact) mass is 248 g/mol. The van der Waals surface area contributed by atoms with E-state index in [0.29, 0.717) is 17.8 Å². The van der Waals surface area contributed by atoms with Crippen molar-refractivity contribution in [1.82, 2.24) is 0 Å². The first kappa shape index (κ1) is 12.5. The predicted octanol–water partition coefficient (Wildman–Crippen LogP) is 3.40. The Kier molecular flexibility index (Phi) is 3.28. The molecule has 0 atom stereocenters. The molecule has 0 spiro atoms. The number of benzene rings is 1. The van der Waals surface area contributed by atoms with Crippen molar-refractivity contribution in [3.8, 4) is 5.75 Å². The third kappa shape index (κ3) is 1.94. The van der Waals surface area contributed by atoms with Gasteiger partial charge >= 0.3 is 5.97 Å². The molecule has 1 N–H and O–H groups in total. The molecule has 0 radical (unpaired) electrons. The Morgan fingerprint density at radius 3 is 2.72 bits per heavy atom. The molecule has 0 saturated heterocycles. The van der Waals surface area contributed by atoms with E-state index in [4.69, 9.17) is 9.15 Å². The van der Waals surface area contributed by atoms with Crippen LogP contribution in [0.25, 0.3) is 11.0 Å². The molecule has 0 amide bonds. The Labute approximate surface area is 105 Å². The number of carbonyl (C=O) groups is 1. The third-order valence-corrected chi connectivity index (χ3v) is 2.92. The van der Waals surface area contributed by atoms with Crippen LogP contribution in [0.4, 0.5) is 0 Å². The van der Waals surface area contributed by atoms with Crippen LogP contribution in [-0.2, 0) is 6.42 Å². The molecule has 0 fully saturated rings. The molecular formula is C14H16O4. The van der Waals surface area contributed by atoms with E-state index in [2.05, 4.69) is 0 Å². The minimum absolute atomic E-state index is 0.0238. The molecule has 18 heavy (non-hydrogen) atoms. The fraction of sp³-hybridized carbons (Fsp3) is 0.357. The van der Waals surface area contributed by atoms with Crippen LogP contribution in [-0.4, -0.2) is 18.2 Å². The zero-order chi connectivity index (χ0) is 13.3. The number of fused-ring (bicyclic) bond motifs is 1. The maximum atomic E-state index is 11.2. The second-order valence-corrected chi connectivity index (χ2v) is 4.31. The quantitative estimate of drug-likeness (QED) is 0.900. The van der Waals surface area contributed by atoms with Crippen LogP contribution >= 0.6 is 0 Å². The number of aryl methyl sites for hydroxylation is 2. The first-order valence-electron chi connectivity index (χ1n) is 5.91. The van der Waals surface area contributed by atoms with E-state index < -0.39 is 5.97 Å². The van der Waals surface area contributed by atoms with Crippen LogP contribution < -0.4 is 4.74 Å². The van der Waals surface area contributed by atoms with Crippen molar-refractivity contribution in [3.63, 3.8) is 0 Å². The summed E-state index contributed by atoms with van der Waals surface area (Å²) in [6.07, 6.45) is 1.55. The van der Waals surface area contributed by atoms with Gasteiger partial charge in [-0.3, -0.25) is 0 Å². The van der Waals surface area contributed by atoms with Gasteiger partial charge in [-0.1, -0.05) is 13.3 Å². The van der Waals surface area contributed by atoms with Gasteiger partial charge in [0.05, 0.1) is 7.11 Å². The zero-order valence-corrected chi connectivity index (χ0v) is 10.7. The lowest BCUT2D eigenvalue weighted by molar-refractivity contribution is 0.0663. The molecule has 0 aliphatic rings. The average molecular weight is 248 g/mol. The molecule has 96 valence electrons. The molecule has 4 heteroatoms. The van der Waals surface area contributed by atoms with E-state index in [1.54, 1.807) is 7.11 Å². The average Bonchev–Trinajstić information content (AvgIpc) is 2.68. The molecule has 1 aromatic carbocycles. The van der Waals surface area contributed by atoms with Gasteiger partial charge in [-0.15, -0.1) is 0 Å². The van der Waals surface area contributed by atoms with Crippen LogP contribution in [0.5, 0.6) is 5.75 Å². The number of aromatic carboxylic acids is 1. The van der Waals surface area contributed by atoms with Gasteiger partial charge in [0.25, 0.3) is 0 Å². The number of carboxylic acids is 1. The standard InChI is InChI=1S/C14H16O4/c1-4-5-9-10-6-8(2)7-11(17-3)12(10)18-13(9)14(15)16/h6-7H,4-5H2,1-3H3,(H,15,16). The van der Waals surface area contributed by atoms with E-state index in [0.717, 1.165) is 22.9 Å². The van der Waals surface area contributed by atoms with E-state index in [-0.39, 0.29) is 5.76 Å². The fourth-order valence-corrected chi connectivity index (χ4v) is 2.18. The van der Waals surface area contributed by atoms with Gasteiger partial charge in [0.15, 0.2) is 11.3 Å². The number of hydrogen-bond donors (Lipinski definition) is 1. The van der Waals surface area contributed by atoms with Crippen molar-refractivity contribution in [2.45, 2.75) is 26.7 Å². The summed E-state index contributed by atoms with van der Waals surface area (Å²) < 4.78 is 10.7. The molecule has 2 rings (SSSR count). The first-order chi connectivity index (χ1) is 8.58. The molecule has 1 heterocycles. The van der Waals surface area contributed by atoms with Gasteiger partial charge in [0.1, 0.15) is 0 Å². The number of furan rings is 1. The maximum Gasteiger partial charge on any atom is 0.372 e. The van der Waals surface area contributed by atoms with E-state index >= 15 is 0 Å². The van der Waals surface area contributed by atoms with Gasteiger partial charge in [-0.05, 0) is 31.0 Å². The number of rotatable bonds is 4. The summed E-state index contributed by atoms with van der Waals surface area (Å²) in [4.78, 5) is 11.2. The van der Waals surface area contributed by atoms with Crippen molar-refractivity contribution >= 4 is 16.9 Å². The first-order valence-corrected chi connectivity index (χ1v) is 5.91. The summed E-state index contributed by atoms with van der Waals surface area (Å²) in [7, 11) is 1.55. The second-order valence-electron chi connectivity index (χ2n) is 4.31. The fourth-order valence-electron chi connectivity index (χ4n) is 2.18. The topological polar surface area (TPSA) is 59.7 Å². The summed E-state index contributed by atoms with van der Waals surface area (Å²) in [5, 5.41) is 10.0. The van der Waals surface area contributed by atoms with Crippen molar-refractivity contribution < 1.29 is 19.1 Å². The summed E-state index contributed by atoms with van der Waals surface area (Å²) in [6.45, 7) is 3.96. The van der Waals surface area contributed by atoms with Crippen molar-refractivity contribution in [3.05, 3.63) is 29.0 Å². The van der Waals surface area contributed by atoms with Gasteiger partial charge in [-0.2, -0.15) is 0 Å². The third-order valence-electron chi connectivity index (χ3n) is 2.92. The molecular weight excluding hydrogens is 232 g/mol. The Bertz CT molecular complexity index is 595. The van der Waals surface area contributed by atoms with Crippen LogP contribution in [0, 0.1) is 6.92 Å². The number of carboxylic acid groups (broad SMARTS) is 1. The highest BCUT2D eigenvalue weighted by Gasteiger charge is 2.21. The van der Waals surface area contributed by atoms with Crippen LogP contribution in [0.15, 0.2) is 16.5 Å². The largest absolute Gasteiger partial charge is 0.493 e. The van der Waals surface area contributed by atoms with Crippen molar-refractivity contribution in [2.24, 2.45) is 0 Å². The van der Waals surface area contributed by atoms with E-state index in [1.165, 1.54) is 0 Å². The summed E-state index contributed by atoms with van der Waals surface area (Å²) in [5.74, 6) is -0.431. The molecule has 0 aliphatic carbocycles.